The molecule has 7 rings (SSSR count). The number of nitrogens with zero attached hydrogens (tertiary/aromatic N) is 1. The molecule has 0 radical (unpaired) electrons. The van der Waals surface area contributed by atoms with Gasteiger partial charge < -0.3 is 19.5 Å². The molecule has 0 spiro atoms. The molecule has 0 heterocycles. The van der Waals surface area contributed by atoms with Crippen LogP contribution in [0.5, 0.6) is 11.5 Å². The van der Waals surface area contributed by atoms with Crippen LogP contribution in [-0.2, 0) is 37.5 Å². The summed E-state index contributed by atoms with van der Waals surface area (Å²) in [5.74, 6) is 0.844. The van der Waals surface area contributed by atoms with Crippen LogP contribution in [0.25, 0.3) is 11.1 Å². The zero-order valence-corrected chi connectivity index (χ0v) is 41.8. The normalized spacial score (nSPS) is 10.2. The second-order valence-electron chi connectivity index (χ2n) is 16.4. The van der Waals surface area contributed by atoms with Gasteiger partial charge in [0.2, 0.25) is 0 Å². The first-order chi connectivity index (χ1) is 30.7. The first-order valence-electron chi connectivity index (χ1n) is 22.0. The van der Waals surface area contributed by atoms with Crippen LogP contribution in [0, 0.1) is 34.6 Å². The molecule has 0 aliphatic rings. The van der Waals surface area contributed by atoms with Crippen molar-refractivity contribution in [3.05, 3.63) is 241 Å². The van der Waals surface area contributed by atoms with Crippen LogP contribution in [0.4, 0.5) is 5.69 Å². The van der Waals surface area contributed by atoms with Gasteiger partial charge in [-0.2, -0.15) is 73.9 Å². The van der Waals surface area contributed by atoms with Gasteiger partial charge in [-0.25, -0.2) is 4.79 Å². The molecule has 0 bridgehead atoms. The van der Waals surface area contributed by atoms with E-state index < -0.39 is 5.97 Å². The van der Waals surface area contributed by atoms with Gasteiger partial charge in [0.05, 0.1) is 6.61 Å². The monoisotopic (exact) mass is 942 g/mol. The van der Waals surface area contributed by atoms with Crippen LogP contribution < -0.4 is 9.64 Å². The largest absolute Gasteiger partial charge is 4.00 e. The summed E-state index contributed by atoms with van der Waals surface area (Å²) in [6, 6.07) is 54.8. The summed E-state index contributed by atoms with van der Waals surface area (Å²) >= 11 is 0. The van der Waals surface area contributed by atoms with Gasteiger partial charge in [-0.05, 0) is 67.0 Å². The molecule has 0 fully saturated rings. The fourth-order valence-corrected chi connectivity index (χ4v) is 6.89. The summed E-state index contributed by atoms with van der Waals surface area (Å²) in [4.78, 5) is 15.3. The van der Waals surface area contributed by atoms with Gasteiger partial charge >= 0.3 is 32.2 Å². The van der Waals surface area contributed by atoms with E-state index in [1.807, 2.05) is 146 Å². The van der Waals surface area contributed by atoms with Gasteiger partial charge in [0.1, 0.15) is 23.7 Å². The van der Waals surface area contributed by atoms with Crippen LogP contribution in [0.1, 0.15) is 101 Å². The zero-order valence-electron chi connectivity index (χ0n) is 39.4. The number of carbonyl (C=O) groups excluding carboxylic acids is 1. The molecule has 0 unspecified atom stereocenters. The van der Waals surface area contributed by atoms with Crippen molar-refractivity contribution >= 4 is 11.7 Å². The van der Waals surface area contributed by atoms with Gasteiger partial charge in [-0.15, -0.1) is 36.4 Å². The topological polar surface area (TPSA) is 59.0 Å². The first kappa shape index (κ1) is 53.2. The van der Waals surface area contributed by atoms with Crippen molar-refractivity contribution in [3.63, 3.8) is 0 Å². The second kappa shape index (κ2) is 27.9. The van der Waals surface area contributed by atoms with Crippen LogP contribution in [0.3, 0.4) is 0 Å². The van der Waals surface area contributed by atoms with Crippen molar-refractivity contribution in [2.45, 2.75) is 66.4 Å². The standard InChI is InChI=1S/C38H45NO4.3C7H7.Zr/c1-25(2)32-22-28(6)23-33(26(3)4)36(32)39(7)19-12-20-42-35-18-17-27(5)21-34(35)30-15-11-16-31(37(30)40)38(41)43-24-29-13-9-8-10-14-29;3*1-7-5-3-2-4-6-7;/h8-11,13-18,21-23,25-26,40H,12,19-20,24H2,1-7H3;3*2-6H,1H2;/q;3*-1;+4. The van der Waals surface area contributed by atoms with Crippen molar-refractivity contribution < 1.29 is 45.6 Å². The van der Waals surface area contributed by atoms with E-state index in [0.717, 1.165) is 46.3 Å². The predicted octanol–water partition coefficient (Wildman–Crippen LogP) is 14.8. The van der Waals surface area contributed by atoms with E-state index in [1.54, 1.807) is 18.2 Å². The minimum absolute atomic E-state index is 0. The molecule has 65 heavy (non-hydrogen) atoms. The van der Waals surface area contributed by atoms with Gasteiger partial charge in [0.25, 0.3) is 0 Å². The fraction of sp³-hybridized carbons (Fsp3) is 0.220. The Morgan fingerprint density at radius 1 is 0.600 bits per heavy atom. The number of para-hydroxylation sites is 1. The molecule has 0 saturated carbocycles. The third kappa shape index (κ3) is 17.8. The Morgan fingerprint density at radius 3 is 1.52 bits per heavy atom. The molecule has 0 amide bonds. The molecule has 5 nitrogen and oxygen atoms in total. The van der Waals surface area contributed by atoms with Crippen molar-refractivity contribution in [2.24, 2.45) is 0 Å². The number of hydrogen-bond donors (Lipinski definition) is 1. The number of ether oxygens (including phenoxy) is 2. The average molecular weight is 944 g/mol. The Morgan fingerprint density at radius 2 is 1.08 bits per heavy atom. The maximum atomic E-state index is 12.9. The molecule has 7 aromatic carbocycles. The number of esters is 1. The van der Waals surface area contributed by atoms with E-state index in [4.69, 9.17) is 9.47 Å². The van der Waals surface area contributed by atoms with E-state index in [9.17, 15) is 9.90 Å². The van der Waals surface area contributed by atoms with Crippen molar-refractivity contribution in [1.29, 1.82) is 0 Å². The molecular weight excluding hydrogens is 878 g/mol. The first-order valence-corrected chi connectivity index (χ1v) is 22.0. The maximum Gasteiger partial charge on any atom is 4.00 e. The molecule has 0 aliphatic heterocycles. The van der Waals surface area contributed by atoms with Gasteiger partial charge in [-0.1, -0.05) is 118 Å². The quantitative estimate of drug-likeness (QED) is 0.0751. The number of phenols is 1. The Labute approximate surface area is 409 Å². The minimum Gasteiger partial charge on any atom is -0.506 e. The maximum absolute atomic E-state index is 12.9. The number of phenolic OH excluding ortho intramolecular Hbond substituents is 1. The third-order valence-electron chi connectivity index (χ3n) is 10.3. The van der Waals surface area contributed by atoms with Gasteiger partial charge in [0.15, 0.2) is 0 Å². The van der Waals surface area contributed by atoms with Crippen LogP contribution in [0.15, 0.2) is 170 Å². The number of aryl methyl sites for hydroxylation is 2. The Kier molecular flexibility index (Phi) is 22.9. The van der Waals surface area contributed by atoms with Gasteiger partial charge in [-0.3, -0.25) is 0 Å². The van der Waals surface area contributed by atoms with Gasteiger partial charge in [0, 0.05) is 30.4 Å². The molecule has 0 atom stereocenters. The summed E-state index contributed by atoms with van der Waals surface area (Å²) in [5, 5.41) is 11.2. The zero-order chi connectivity index (χ0) is 46.4. The number of aromatic hydroxyl groups is 1. The minimum atomic E-state index is -0.570. The SMILES string of the molecule is Cc1ccc(OCCCN(C)c2c(C(C)C)cc(C)cc2C(C)C)c(-c2cccc(C(=O)OCc3ccccc3)c2O)c1.[CH2-]c1ccccc1.[CH2-]c1ccccc1.[CH2-]c1ccccc1.[Zr+4]. The number of anilines is 1. The molecule has 334 valence electrons. The second-order valence-corrected chi connectivity index (χ2v) is 16.4. The Hall–Kier alpha value is -6.10. The van der Waals surface area contributed by atoms with E-state index >= 15 is 0 Å². The summed E-state index contributed by atoms with van der Waals surface area (Å²) in [7, 11) is 2.17. The summed E-state index contributed by atoms with van der Waals surface area (Å²) in [6.07, 6.45) is 0.824. The number of rotatable bonds is 12. The van der Waals surface area contributed by atoms with Crippen molar-refractivity contribution in [1.82, 2.24) is 0 Å². The fourth-order valence-electron chi connectivity index (χ4n) is 6.89. The van der Waals surface area contributed by atoms with E-state index in [0.29, 0.717) is 29.8 Å². The Balaban J connectivity index is 0.000000411. The van der Waals surface area contributed by atoms with E-state index in [1.165, 1.54) is 22.4 Å². The molecule has 0 aromatic heterocycles. The molecule has 7 aromatic rings. The average Bonchev–Trinajstić information content (AvgIpc) is 3.29. The molecule has 0 saturated heterocycles. The van der Waals surface area contributed by atoms with Crippen molar-refractivity contribution in [2.75, 3.05) is 25.1 Å². The Bertz CT molecular complexity index is 2320. The molecule has 0 aliphatic carbocycles. The molecular formula is C59H66NO4Zr+. The number of carbonyl (C=O) groups is 1. The van der Waals surface area contributed by atoms with Crippen LogP contribution >= 0.6 is 0 Å². The van der Waals surface area contributed by atoms with E-state index in [2.05, 4.69) is 79.5 Å². The summed E-state index contributed by atoms with van der Waals surface area (Å²) in [6.45, 7) is 25.9. The number of hydrogen-bond acceptors (Lipinski definition) is 5. The third-order valence-corrected chi connectivity index (χ3v) is 10.3. The van der Waals surface area contributed by atoms with Crippen LogP contribution in [-0.4, -0.2) is 31.3 Å². The van der Waals surface area contributed by atoms with Crippen molar-refractivity contribution in [3.8, 4) is 22.6 Å². The predicted molar refractivity (Wildman–Crippen MR) is 269 cm³/mol. The van der Waals surface area contributed by atoms with E-state index in [-0.39, 0.29) is 44.1 Å². The smallest absolute Gasteiger partial charge is 0.506 e. The summed E-state index contributed by atoms with van der Waals surface area (Å²) < 4.78 is 11.8. The summed E-state index contributed by atoms with van der Waals surface area (Å²) in [5.41, 5.74) is 11.9. The molecule has 1 N–H and O–H groups in total. The molecule has 6 heteroatoms. The number of benzene rings is 7. The van der Waals surface area contributed by atoms with Crippen LogP contribution in [0.2, 0.25) is 0 Å².